The molecule has 0 fully saturated rings. The molecule has 0 rings (SSSR count). The quantitative estimate of drug-likeness (QED) is 0.655. The predicted molar refractivity (Wildman–Crippen MR) is 48.0 cm³/mol. The Kier molecular flexibility index (Phi) is 4.72. The summed E-state index contributed by atoms with van der Waals surface area (Å²) in [5, 5.41) is 0. The fourth-order valence-corrected chi connectivity index (χ4v) is 0.714. The Morgan fingerprint density at radius 2 is 1.75 bits per heavy atom. The second kappa shape index (κ2) is 4.40. The van der Waals surface area contributed by atoms with E-state index >= 15 is 0 Å². The molecule has 0 saturated heterocycles. The van der Waals surface area contributed by atoms with Gasteiger partial charge in [0.15, 0.2) is 9.62 Å². The Labute approximate surface area is 90.8 Å². The molecule has 0 unspecified atom stereocenters. The highest BCUT2D eigenvalue weighted by atomic mass is 79.9. The van der Waals surface area contributed by atoms with Gasteiger partial charge in [-0.1, -0.05) is 34.8 Å². The standard InChI is InChI=1S/C5H3BrCl3F3/c6-5(11,12)3(10)1-2-4(7,8)9/h1H,2H2/b3-1-. The lowest BCUT2D eigenvalue weighted by Gasteiger charge is -2.08. The van der Waals surface area contributed by atoms with Crippen LogP contribution in [0.25, 0.3) is 0 Å². The number of rotatable bonds is 2. The zero-order chi connectivity index (χ0) is 9.99. The first-order valence-corrected chi connectivity index (χ1v) is 4.55. The summed E-state index contributed by atoms with van der Waals surface area (Å²) in [6.07, 6.45) is 0.104. The Morgan fingerprint density at radius 3 is 2.00 bits per heavy atom. The Hall–Kier alpha value is 0.880. The number of allylic oxidation sites excluding steroid dienone is 2. The SMILES string of the molecule is F/C(=C\CC(Cl)(Cl)Cl)C(F)(F)Br. The van der Waals surface area contributed by atoms with Crippen LogP contribution in [-0.2, 0) is 0 Å². The van der Waals surface area contributed by atoms with E-state index in [0.29, 0.717) is 6.08 Å². The third-order valence-corrected chi connectivity index (χ3v) is 1.63. The number of hydrogen-bond acceptors (Lipinski definition) is 0. The summed E-state index contributed by atoms with van der Waals surface area (Å²) in [6, 6.07) is 0. The average Bonchev–Trinajstić information content (AvgIpc) is 1.78. The maximum Gasteiger partial charge on any atom is 0.351 e. The fourth-order valence-electron chi connectivity index (χ4n) is 0.321. The van der Waals surface area contributed by atoms with Crippen molar-refractivity contribution in [3.05, 3.63) is 11.9 Å². The van der Waals surface area contributed by atoms with Crippen molar-refractivity contribution in [3.8, 4) is 0 Å². The third kappa shape index (κ3) is 6.40. The first kappa shape index (κ1) is 12.9. The lowest BCUT2D eigenvalue weighted by atomic mass is 10.4. The minimum atomic E-state index is -3.69. The van der Waals surface area contributed by atoms with Gasteiger partial charge >= 0.3 is 4.83 Å². The van der Waals surface area contributed by atoms with Gasteiger partial charge in [0.2, 0.25) is 0 Å². The van der Waals surface area contributed by atoms with Crippen LogP contribution in [0.1, 0.15) is 6.42 Å². The molecule has 7 heteroatoms. The molecule has 0 radical (unpaired) electrons. The lowest BCUT2D eigenvalue weighted by Crippen LogP contribution is -2.07. The molecule has 0 aliphatic carbocycles. The molecule has 0 atom stereocenters. The largest absolute Gasteiger partial charge is 0.351 e. The lowest BCUT2D eigenvalue weighted by molar-refractivity contribution is 0.127. The molecule has 12 heavy (non-hydrogen) atoms. The van der Waals surface area contributed by atoms with E-state index in [0.717, 1.165) is 0 Å². The van der Waals surface area contributed by atoms with E-state index < -0.39 is 20.9 Å². The van der Waals surface area contributed by atoms with Crippen molar-refractivity contribution >= 4 is 50.7 Å². The van der Waals surface area contributed by atoms with Crippen molar-refractivity contribution in [2.45, 2.75) is 15.0 Å². The normalized spacial score (nSPS) is 15.1. The molecule has 0 aliphatic heterocycles. The van der Waals surface area contributed by atoms with Gasteiger partial charge in [-0.3, -0.25) is 0 Å². The van der Waals surface area contributed by atoms with Gasteiger partial charge in [0.05, 0.1) is 0 Å². The third-order valence-electron chi connectivity index (χ3n) is 0.784. The summed E-state index contributed by atoms with van der Waals surface area (Å²) in [4.78, 5) is -3.69. The van der Waals surface area contributed by atoms with Crippen molar-refractivity contribution in [2.24, 2.45) is 0 Å². The minimum Gasteiger partial charge on any atom is -0.204 e. The van der Waals surface area contributed by atoms with Crippen LogP contribution in [0.5, 0.6) is 0 Å². The predicted octanol–water partition coefficient (Wildman–Crippen LogP) is 4.59. The summed E-state index contributed by atoms with van der Waals surface area (Å²) in [5.74, 6) is -1.67. The highest BCUT2D eigenvalue weighted by Gasteiger charge is 2.31. The van der Waals surface area contributed by atoms with Crippen LogP contribution in [0.2, 0.25) is 0 Å². The molecule has 0 saturated carbocycles. The maximum absolute atomic E-state index is 12.3. The smallest absolute Gasteiger partial charge is 0.204 e. The topological polar surface area (TPSA) is 0 Å². The molecule has 0 heterocycles. The summed E-state index contributed by atoms with van der Waals surface area (Å²) in [6.45, 7) is 0. The Balaban J connectivity index is 4.21. The fraction of sp³-hybridized carbons (Fsp3) is 0.600. The molecule has 0 aromatic heterocycles. The van der Waals surface area contributed by atoms with Crippen LogP contribution in [-0.4, -0.2) is 8.62 Å². The molecule has 0 nitrogen and oxygen atoms in total. The summed E-state index contributed by atoms with van der Waals surface area (Å²) in [7, 11) is 0. The van der Waals surface area contributed by atoms with Crippen LogP contribution < -0.4 is 0 Å². The monoisotopic (exact) mass is 304 g/mol. The summed E-state index contributed by atoms with van der Waals surface area (Å²) < 4.78 is 34.6. The molecular formula is C5H3BrCl3F3. The summed E-state index contributed by atoms with van der Waals surface area (Å²) >= 11 is 17.4. The van der Waals surface area contributed by atoms with Crippen LogP contribution in [0.3, 0.4) is 0 Å². The van der Waals surface area contributed by atoms with Gasteiger partial charge in [-0.25, -0.2) is 4.39 Å². The molecule has 0 spiro atoms. The molecule has 72 valence electrons. The van der Waals surface area contributed by atoms with Crippen molar-refractivity contribution in [3.63, 3.8) is 0 Å². The average molecular weight is 306 g/mol. The first-order valence-electron chi connectivity index (χ1n) is 2.62. The maximum atomic E-state index is 12.3. The number of alkyl halides is 6. The van der Waals surface area contributed by atoms with Crippen LogP contribution in [0, 0.1) is 0 Å². The van der Waals surface area contributed by atoms with Crippen molar-refractivity contribution in [1.29, 1.82) is 0 Å². The van der Waals surface area contributed by atoms with Gasteiger partial charge in [-0.2, -0.15) is 8.78 Å². The summed E-state index contributed by atoms with van der Waals surface area (Å²) in [5.41, 5.74) is 0. The van der Waals surface area contributed by atoms with E-state index in [-0.39, 0.29) is 0 Å². The molecule has 0 amide bonds. The van der Waals surface area contributed by atoms with E-state index in [1.165, 1.54) is 0 Å². The van der Waals surface area contributed by atoms with Gasteiger partial charge in [-0.15, -0.1) is 0 Å². The first-order chi connectivity index (χ1) is 5.13. The van der Waals surface area contributed by atoms with Crippen molar-refractivity contribution in [1.82, 2.24) is 0 Å². The molecule has 0 aliphatic rings. The second-order valence-corrected chi connectivity index (χ2v) is 5.38. The van der Waals surface area contributed by atoms with E-state index in [4.69, 9.17) is 34.8 Å². The Morgan fingerprint density at radius 1 is 1.33 bits per heavy atom. The van der Waals surface area contributed by atoms with E-state index in [1.807, 2.05) is 0 Å². The van der Waals surface area contributed by atoms with Crippen LogP contribution in [0.4, 0.5) is 13.2 Å². The molecule has 0 N–H and O–H groups in total. The number of halogens is 7. The minimum absolute atomic E-state index is 0.412. The van der Waals surface area contributed by atoms with Crippen molar-refractivity contribution < 1.29 is 13.2 Å². The van der Waals surface area contributed by atoms with Gasteiger partial charge in [0.1, 0.15) is 0 Å². The van der Waals surface area contributed by atoms with E-state index in [1.54, 1.807) is 15.9 Å². The highest BCUT2D eigenvalue weighted by Crippen LogP contribution is 2.35. The second-order valence-electron chi connectivity index (χ2n) is 1.87. The molecular weight excluding hydrogens is 303 g/mol. The zero-order valence-corrected chi connectivity index (χ0v) is 9.28. The molecule has 0 aromatic rings. The highest BCUT2D eigenvalue weighted by molar-refractivity contribution is 9.10. The van der Waals surface area contributed by atoms with Gasteiger partial charge in [-0.05, 0) is 22.0 Å². The van der Waals surface area contributed by atoms with Crippen LogP contribution in [0.15, 0.2) is 11.9 Å². The van der Waals surface area contributed by atoms with Gasteiger partial charge in [0, 0.05) is 6.42 Å². The van der Waals surface area contributed by atoms with Crippen LogP contribution >= 0.6 is 50.7 Å². The van der Waals surface area contributed by atoms with Crippen molar-refractivity contribution in [2.75, 3.05) is 0 Å². The van der Waals surface area contributed by atoms with Gasteiger partial charge in [0.25, 0.3) is 0 Å². The molecule has 0 bridgehead atoms. The van der Waals surface area contributed by atoms with E-state index in [2.05, 4.69) is 0 Å². The number of hydrogen-bond donors (Lipinski definition) is 0. The van der Waals surface area contributed by atoms with E-state index in [9.17, 15) is 13.2 Å². The van der Waals surface area contributed by atoms with Gasteiger partial charge < -0.3 is 0 Å². The molecule has 0 aromatic carbocycles. The Bertz CT molecular complexity index is 181. The zero-order valence-electron chi connectivity index (χ0n) is 5.43.